The van der Waals surface area contributed by atoms with E-state index in [2.05, 4.69) is 18.7 Å². The van der Waals surface area contributed by atoms with E-state index >= 15 is 0 Å². The van der Waals surface area contributed by atoms with Crippen LogP contribution in [0, 0.1) is 0 Å². The van der Waals surface area contributed by atoms with E-state index in [-0.39, 0.29) is 11.5 Å². The van der Waals surface area contributed by atoms with Crippen molar-refractivity contribution in [3.8, 4) is 0 Å². The van der Waals surface area contributed by atoms with E-state index in [1.807, 2.05) is 0 Å². The molecule has 1 saturated heterocycles. The van der Waals surface area contributed by atoms with Crippen molar-refractivity contribution in [3.63, 3.8) is 0 Å². The van der Waals surface area contributed by atoms with Crippen LogP contribution in [0.4, 0.5) is 5.13 Å². The molecule has 0 radical (unpaired) electrons. The molecule has 0 spiro atoms. The maximum absolute atomic E-state index is 11.4. The highest BCUT2D eigenvalue weighted by Gasteiger charge is 2.25. The zero-order valence-electron chi connectivity index (χ0n) is 11.4. The Morgan fingerprint density at radius 2 is 2.05 bits per heavy atom. The molecule has 108 valence electrons. The maximum Gasteiger partial charge on any atom is 0.185 e. The Kier molecular flexibility index (Phi) is 4.47. The minimum absolute atomic E-state index is 0.225. The Hall–Kier alpha value is -0.660. The van der Waals surface area contributed by atoms with Crippen LogP contribution in [0.15, 0.2) is 0 Å². The number of aromatic nitrogens is 1. The molecule has 2 heterocycles. The van der Waals surface area contributed by atoms with Gasteiger partial charge in [0.2, 0.25) is 0 Å². The predicted molar refractivity (Wildman–Crippen MR) is 79.6 cm³/mol. The van der Waals surface area contributed by atoms with Crippen molar-refractivity contribution in [1.29, 1.82) is 0 Å². The number of nitrogens with two attached hydrogens (primary N) is 1. The topological polar surface area (TPSA) is 76.3 Å². The normalized spacial score (nSPS) is 20.5. The average molecular weight is 303 g/mol. The van der Waals surface area contributed by atoms with E-state index in [0.29, 0.717) is 25.6 Å². The zero-order chi connectivity index (χ0) is 14.0. The summed E-state index contributed by atoms with van der Waals surface area (Å²) in [5.41, 5.74) is 6.87. The summed E-state index contributed by atoms with van der Waals surface area (Å²) in [5.74, 6) is 0.851. The molecular weight excluding hydrogens is 282 g/mol. The Morgan fingerprint density at radius 3 is 2.58 bits per heavy atom. The summed E-state index contributed by atoms with van der Waals surface area (Å²) in [6, 6.07) is 0. The highest BCUT2D eigenvalue weighted by atomic mass is 32.2. The SMILES string of the molecule is CCC(C)c1nc(N2CCS(=O)(=O)CC2)sc1CN. The fourth-order valence-corrected chi connectivity index (χ4v) is 4.43. The lowest BCUT2D eigenvalue weighted by Crippen LogP contribution is -2.40. The standard InChI is InChI=1S/C12H21N3O2S2/c1-3-9(2)11-10(8-13)18-12(14-11)15-4-6-19(16,17)7-5-15/h9H,3-8,13H2,1-2H3. The van der Waals surface area contributed by atoms with Crippen LogP contribution >= 0.6 is 11.3 Å². The highest BCUT2D eigenvalue weighted by Crippen LogP contribution is 2.32. The quantitative estimate of drug-likeness (QED) is 0.908. The summed E-state index contributed by atoms with van der Waals surface area (Å²) in [5, 5.41) is 0.922. The fourth-order valence-electron chi connectivity index (χ4n) is 2.11. The van der Waals surface area contributed by atoms with Gasteiger partial charge in [-0.1, -0.05) is 13.8 Å². The molecule has 1 aromatic rings. The number of anilines is 1. The second-order valence-electron chi connectivity index (χ2n) is 4.96. The van der Waals surface area contributed by atoms with Crippen LogP contribution in [-0.4, -0.2) is 38.0 Å². The maximum atomic E-state index is 11.4. The third-order valence-corrected chi connectivity index (χ3v) is 6.36. The van der Waals surface area contributed by atoms with Gasteiger partial charge in [0, 0.05) is 24.5 Å². The van der Waals surface area contributed by atoms with Gasteiger partial charge in [0.1, 0.15) is 0 Å². The number of thiazole rings is 1. The van der Waals surface area contributed by atoms with Gasteiger partial charge in [-0.15, -0.1) is 11.3 Å². The minimum atomic E-state index is -2.84. The highest BCUT2D eigenvalue weighted by molar-refractivity contribution is 7.91. The van der Waals surface area contributed by atoms with E-state index in [9.17, 15) is 8.42 Å². The molecular formula is C12H21N3O2S2. The second kappa shape index (κ2) is 5.76. The van der Waals surface area contributed by atoms with Crippen molar-refractivity contribution in [2.75, 3.05) is 29.5 Å². The van der Waals surface area contributed by atoms with Crippen LogP contribution in [0.25, 0.3) is 0 Å². The first-order chi connectivity index (χ1) is 8.96. The molecule has 1 aliphatic heterocycles. The van der Waals surface area contributed by atoms with Crippen LogP contribution < -0.4 is 10.6 Å². The number of rotatable bonds is 4. The summed E-state index contributed by atoms with van der Waals surface area (Å²) >= 11 is 1.60. The molecule has 0 aromatic carbocycles. The van der Waals surface area contributed by atoms with E-state index in [0.717, 1.165) is 22.1 Å². The van der Waals surface area contributed by atoms with Gasteiger partial charge in [-0.2, -0.15) is 0 Å². The molecule has 1 unspecified atom stereocenters. The zero-order valence-corrected chi connectivity index (χ0v) is 13.1. The number of sulfone groups is 1. The molecule has 1 aliphatic rings. The van der Waals surface area contributed by atoms with Crippen LogP contribution in [0.2, 0.25) is 0 Å². The number of hydrogen-bond donors (Lipinski definition) is 1. The Labute approximate surface area is 118 Å². The van der Waals surface area contributed by atoms with Crippen molar-refractivity contribution in [2.45, 2.75) is 32.7 Å². The van der Waals surface area contributed by atoms with E-state index in [1.54, 1.807) is 11.3 Å². The molecule has 1 atom stereocenters. The van der Waals surface area contributed by atoms with E-state index in [1.165, 1.54) is 0 Å². The Balaban J connectivity index is 2.20. The molecule has 2 rings (SSSR count). The lowest BCUT2D eigenvalue weighted by molar-refractivity contribution is 0.586. The summed E-state index contributed by atoms with van der Waals surface area (Å²) in [6.07, 6.45) is 1.03. The molecule has 0 amide bonds. The first kappa shape index (κ1) is 14.7. The summed E-state index contributed by atoms with van der Waals surface area (Å²) in [4.78, 5) is 7.88. The van der Waals surface area contributed by atoms with Crippen LogP contribution in [-0.2, 0) is 16.4 Å². The van der Waals surface area contributed by atoms with Gasteiger partial charge >= 0.3 is 0 Å². The van der Waals surface area contributed by atoms with Gasteiger partial charge < -0.3 is 10.6 Å². The van der Waals surface area contributed by atoms with Gasteiger partial charge in [0.05, 0.1) is 17.2 Å². The van der Waals surface area contributed by atoms with Crippen molar-refractivity contribution < 1.29 is 8.42 Å². The number of nitrogens with zero attached hydrogens (tertiary/aromatic N) is 2. The average Bonchev–Trinajstić information content (AvgIpc) is 2.82. The summed E-state index contributed by atoms with van der Waals surface area (Å²) in [7, 11) is -2.84. The molecule has 0 aliphatic carbocycles. The lowest BCUT2D eigenvalue weighted by Gasteiger charge is -2.26. The summed E-state index contributed by atoms with van der Waals surface area (Å²) < 4.78 is 22.9. The van der Waals surface area contributed by atoms with Gasteiger partial charge in [0.15, 0.2) is 15.0 Å². The first-order valence-corrected chi connectivity index (χ1v) is 9.25. The fraction of sp³-hybridized carbons (Fsp3) is 0.750. The van der Waals surface area contributed by atoms with E-state index in [4.69, 9.17) is 10.7 Å². The molecule has 2 N–H and O–H groups in total. The second-order valence-corrected chi connectivity index (χ2v) is 8.32. The van der Waals surface area contributed by atoms with Gasteiger partial charge in [-0.3, -0.25) is 0 Å². The molecule has 0 bridgehead atoms. The minimum Gasteiger partial charge on any atom is -0.346 e. The van der Waals surface area contributed by atoms with Gasteiger partial charge in [-0.05, 0) is 12.3 Å². The Morgan fingerprint density at radius 1 is 1.42 bits per heavy atom. The number of hydrogen-bond acceptors (Lipinski definition) is 6. The molecule has 1 fully saturated rings. The largest absolute Gasteiger partial charge is 0.346 e. The monoisotopic (exact) mass is 303 g/mol. The third kappa shape index (κ3) is 3.27. The predicted octanol–water partition coefficient (Wildman–Crippen LogP) is 1.35. The summed E-state index contributed by atoms with van der Waals surface area (Å²) in [6.45, 7) is 5.87. The molecule has 1 aromatic heterocycles. The van der Waals surface area contributed by atoms with Crippen LogP contribution in [0.1, 0.15) is 36.8 Å². The van der Waals surface area contributed by atoms with Crippen molar-refractivity contribution in [2.24, 2.45) is 5.73 Å². The van der Waals surface area contributed by atoms with Crippen LogP contribution in [0.3, 0.4) is 0 Å². The van der Waals surface area contributed by atoms with Crippen molar-refractivity contribution >= 4 is 26.3 Å². The third-order valence-electron chi connectivity index (χ3n) is 3.60. The molecule has 5 nitrogen and oxygen atoms in total. The molecule has 0 saturated carbocycles. The van der Waals surface area contributed by atoms with Gasteiger partial charge in [0.25, 0.3) is 0 Å². The van der Waals surface area contributed by atoms with Gasteiger partial charge in [-0.25, -0.2) is 13.4 Å². The van der Waals surface area contributed by atoms with Crippen molar-refractivity contribution in [3.05, 3.63) is 10.6 Å². The molecule has 7 heteroatoms. The smallest absolute Gasteiger partial charge is 0.185 e. The van der Waals surface area contributed by atoms with Crippen LogP contribution in [0.5, 0.6) is 0 Å². The molecule has 19 heavy (non-hydrogen) atoms. The van der Waals surface area contributed by atoms with Crippen molar-refractivity contribution in [1.82, 2.24) is 4.98 Å². The Bertz CT molecular complexity index is 525. The lowest BCUT2D eigenvalue weighted by atomic mass is 10.0. The van der Waals surface area contributed by atoms with E-state index < -0.39 is 9.84 Å². The first-order valence-electron chi connectivity index (χ1n) is 6.62.